The van der Waals surface area contributed by atoms with Crippen LogP contribution in [0.5, 0.6) is 0 Å². The van der Waals surface area contributed by atoms with Gasteiger partial charge in [-0.1, -0.05) is 11.3 Å². The molecule has 84 valence electrons. The number of carbonyl (C=O) groups is 1. The highest BCUT2D eigenvalue weighted by molar-refractivity contribution is 7.14. The van der Waals surface area contributed by atoms with Gasteiger partial charge < -0.3 is 0 Å². The van der Waals surface area contributed by atoms with Crippen molar-refractivity contribution < 1.29 is 4.79 Å². The lowest BCUT2D eigenvalue weighted by molar-refractivity contribution is 0.112. The zero-order valence-electron chi connectivity index (χ0n) is 9.12. The molecule has 3 heterocycles. The quantitative estimate of drug-likeness (QED) is 0.650. The second kappa shape index (κ2) is 3.78. The van der Waals surface area contributed by atoms with E-state index in [1.54, 1.807) is 10.7 Å². The Labute approximate surface area is 102 Å². The van der Waals surface area contributed by atoms with Gasteiger partial charge in [0.25, 0.3) is 0 Å². The lowest BCUT2D eigenvalue weighted by Gasteiger charge is -2.01. The van der Waals surface area contributed by atoms with E-state index in [0.29, 0.717) is 0 Å². The number of aldehydes is 1. The number of pyridine rings is 1. The zero-order chi connectivity index (χ0) is 11.8. The Hall–Kier alpha value is -2.01. The number of aryl methyl sites for hydroxylation is 1. The van der Waals surface area contributed by atoms with E-state index in [2.05, 4.69) is 10.3 Å². The first kappa shape index (κ1) is 10.2. The van der Waals surface area contributed by atoms with Crippen LogP contribution in [0.3, 0.4) is 0 Å². The van der Waals surface area contributed by atoms with Crippen molar-refractivity contribution in [2.45, 2.75) is 6.92 Å². The van der Waals surface area contributed by atoms with E-state index in [4.69, 9.17) is 0 Å². The molecule has 0 aromatic carbocycles. The van der Waals surface area contributed by atoms with Gasteiger partial charge in [0.15, 0.2) is 6.29 Å². The number of fused-ring (bicyclic) bond motifs is 1. The number of hydrogen-bond donors (Lipinski definition) is 0. The Morgan fingerprint density at radius 3 is 3.06 bits per heavy atom. The third-order valence-electron chi connectivity index (χ3n) is 2.68. The summed E-state index contributed by atoms with van der Waals surface area (Å²) in [6, 6.07) is 5.85. The fourth-order valence-electron chi connectivity index (χ4n) is 1.91. The van der Waals surface area contributed by atoms with Gasteiger partial charge >= 0.3 is 0 Å². The average Bonchev–Trinajstić information content (AvgIpc) is 2.94. The Morgan fingerprint density at radius 2 is 2.29 bits per heavy atom. The second-order valence-electron chi connectivity index (χ2n) is 3.72. The minimum atomic E-state index is 0.743. The summed E-state index contributed by atoms with van der Waals surface area (Å²) >= 11 is 1.50. The Kier molecular flexibility index (Phi) is 2.26. The molecular weight excluding hydrogens is 234 g/mol. The molecule has 3 aromatic heterocycles. The van der Waals surface area contributed by atoms with Gasteiger partial charge in [-0.05, 0) is 24.6 Å². The molecule has 0 aliphatic rings. The molecule has 0 aliphatic heterocycles. The number of hydrogen-bond acceptors (Lipinski definition) is 4. The van der Waals surface area contributed by atoms with E-state index in [9.17, 15) is 4.79 Å². The van der Waals surface area contributed by atoms with E-state index in [1.807, 2.05) is 31.3 Å². The summed E-state index contributed by atoms with van der Waals surface area (Å²) in [7, 11) is 0. The van der Waals surface area contributed by atoms with Gasteiger partial charge in [0, 0.05) is 16.6 Å². The predicted molar refractivity (Wildman–Crippen MR) is 66.4 cm³/mol. The molecule has 0 atom stereocenters. The Bertz CT molecular complexity index is 699. The highest BCUT2D eigenvalue weighted by Gasteiger charge is 2.11. The first-order valence-corrected chi connectivity index (χ1v) is 5.96. The molecule has 0 fully saturated rings. The minimum absolute atomic E-state index is 0.743. The van der Waals surface area contributed by atoms with Gasteiger partial charge in [0.2, 0.25) is 0 Å². The largest absolute Gasteiger partial charge is 0.297 e. The van der Waals surface area contributed by atoms with Gasteiger partial charge in [0.1, 0.15) is 0 Å². The molecule has 0 saturated carbocycles. The maximum Gasteiger partial charge on any atom is 0.160 e. The lowest BCUT2D eigenvalue weighted by atomic mass is 10.1. The van der Waals surface area contributed by atoms with Gasteiger partial charge in [-0.25, -0.2) is 4.52 Å². The van der Waals surface area contributed by atoms with Gasteiger partial charge in [-0.3, -0.25) is 4.79 Å². The van der Waals surface area contributed by atoms with Crippen LogP contribution in [0, 0.1) is 6.92 Å². The predicted octanol–water partition coefficient (Wildman–Crippen LogP) is 2.58. The van der Waals surface area contributed by atoms with Gasteiger partial charge in [-0.15, -0.1) is 16.4 Å². The van der Waals surface area contributed by atoms with Crippen molar-refractivity contribution in [3.8, 4) is 11.1 Å². The summed E-state index contributed by atoms with van der Waals surface area (Å²) in [5.41, 5.74) is 3.08. The summed E-state index contributed by atoms with van der Waals surface area (Å²) in [5, 5.41) is 7.85. The average molecular weight is 243 g/mol. The molecule has 0 saturated heterocycles. The minimum Gasteiger partial charge on any atom is -0.297 e. The number of carbonyl (C=O) groups excluding carboxylic acids is 1. The second-order valence-corrected chi connectivity index (χ2v) is 5.01. The molecular formula is C12H9N3OS. The number of thiophene rings is 1. The number of rotatable bonds is 2. The van der Waals surface area contributed by atoms with Crippen molar-refractivity contribution in [3.05, 3.63) is 40.3 Å². The summed E-state index contributed by atoms with van der Waals surface area (Å²) in [6.45, 7) is 2.01. The normalized spacial score (nSPS) is 10.9. The van der Waals surface area contributed by atoms with Crippen LogP contribution in [-0.2, 0) is 0 Å². The van der Waals surface area contributed by atoms with E-state index in [0.717, 1.165) is 32.7 Å². The summed E-state index contributed by atoms with van der Waals surface area (Å²) < 4.78 is 1.73. The van der Waals surface area contributed by atoms with Crippen LogP contribution in [0.4, 0.5) is 0 Å². The zero-order valence-corrected chi connectivity index (χ0v) is 9.94. The van der Waals surface area contributed by atoms with Gasteiger partial charge in [0.05, 0.1) is 16.6 Å². The third-order valence-corrected chi connectivity index (χ3v) is 3.66. The van der Waals surface area contributed by atoms with Crippen molar-refractivity contribution in [1.29, 1.82) is 0 Å². The monoisotopic (exact) mass is 243 g/mol. The highest BCUT2D eigenvalue weighted by Crippen LogP contribution is 2.32. The SMILES string of the molecule is Cc1sc(C=O)cc1-c1cccn2nncc12. The molecule has 3 aromatic rings. The van der Waals surface area contributed by atoms with Crippen LogP contribution in [0.15, 0.2) is 30.6 Å². The standard InChI is InChI=1S/C12H9N3OS/c1-8-11(5-9(7-16)17-8)10-3-2-4-15-12(10)6-13-14-15/h2-7H,1H3. The van der Waals surface area contributed by atoms with Crippen LogP contribution in [-0.4, -0.2) is 21.1 Å². The van der Waals surface area contributed by atoms with E-state index in [-0.39, 0.29) is 0 Å². The van der Waals surface area contributed by atoms with Crippen LogP contribution in [0.25, 0.3) is 16.6 Å². The van der Waals surface area contributed by atoms with Crippen molar-refractivity contribution in [2.75, 3.05) is 0 Å². The smallest absolute Gasteiger partial charge is 0.160 e. The van der Waals surface area contributed by atoms with Crippen LogP contribution in [0.2, 0.25) is 0 Å². The summed E-state index contributed by atoms with van der Waals surface area (Å²) in [6.07, 6.45) is 4.47. The maximum absolute atomic E-state index is 10.8. The van der Waals surface area contributed by atoms with E-state index < -0.39 is 0 Å². The van der Waals surface area contributed by atoms with Crippen LogP contribution < -0.4 is 0 Å². The third kappa shape index (κ3) is 1.55. The van der Waals surface area contributed by atoms with Crippen molar-refractivity contribution in [3.63, 3.8) is 0 Å². The Morgan fingerprint density at radius 1 is 1.41 bits per heavy atom. The molecule has 4 nitrogen and oxygen atoms in total. The fraction of sp³-hybridized carbons (Fsp3) is 0.0833. The first-order chi connectivity index (χ1) is 8.29. The molecule has 0 radical (unpaired) electrons. The molecule has 5 heteroatoms. The first-order valence-electron chi connectivity index (χ1n) is 5.14. The number of aromatic nitrogens is 3. The Balaban J connectivity index is 2.29. The van der Waals surface area contributed by atoms with Crippen molar-refractivity contribution in [1.82, 2.24) is 14.8 Å². The van der Waals surface area contributed by atoms with Crippen LogP contribution >= 0.6 is 11.3 Å². The molecule has 0 spiro atoms. The molecule has 0 N–H and O–H groups in total. The molecule has 17 heavy (non-hydrogen) atoms. The highest BCUT2D eigenvalue weighted by atomic mass is 32.1. The molecule has 0 bridgehead atoms. The van der Waals surface area contributed by atoms with E-state index in [1.165, 1.54) is 11.3 Å². The van der Waals surface area contributed by atoms with Crippen molar-refractivity contribution in [2.24, 2.45) is 0 Å². The molecule has 0 amide bonds. The number of nitrogens with zero attached hydrogens (tertiary/aromatic N) is 3. The van der Waals surface area contributed by atoms with E-state index >= 15 is 0 Å². The van der Waals surface area contributed by atoms with Crippen LogP contribution in [0.1, 0.15) is 14.5 Å². The maximum atomic E-state index is 10.8. The molecule has 0 unspecified atom stereocenters. The van der Waals surface area contributed by atoms with Gasteiger partial charge in [-0.2, -0.15) is 0 Å². The topological polar surface area (TPSA) is 47.3 Å². The summed E-state index contributed by atoms with van der Waals surface area (Å²) in [4.78, 5) is 12.7. The summed E-state index contributed by atoms with van der Waals surface area (Å²) in [5.74, 6) is 0. The lowest BCUT2D eigenvalue weighted by Crippen LogP contribution is -1.88. The fourth-order valence-corrected chi connectivity index (χ4v) is 2.77. The van der Waals surface area contributed by atoms with Crippen molar-refractivity contribution >= 4 is 23.1 Å². The molecule has 0 aliphatic carbocycles. The molecule has 3 rings (SSSR count).